The molecule has 0 spiro atoms. The number of carbonyl (C=O) groups excluding carboxylic acids is 1. The summed E-state index contributed by atoms with van der Waals surface area (Å²) in [6, 6.07) is 1.79. The van der Waals surface area contributed by atoms with E-state index < -0.39 is 5.97 Å². The molecule has 20 heavy (non-hydrogen) atoms. The fourth-order valence-corrected chi connectivity index (χ4v) is 2.54. The minimum atomic E-state index is -1.03. The van der Waals surface area contributed by atoms with Gasteiger partial charge in [0.1, 0.15) is 0 Å². The van der Waals surface area contributed by atoms with Gasteiger partial charge in [0, 0.05) is 25.8 Å². The first-order valence-electron chi connectivity index (χ1n) is 6.25. The maximum atomic E-state index is 12.5. The van der Waals surface area contributed by atoms with Crippen LogP contribution in [0.2, 0.25) is 0 Å². The number of methoxy groups -OCH3 is 1. The van der Waals surface area contributed by atoms with Crippen molar-refractivity contribution in [2.75, 3.05) is 20.3 Å². The topological polar surface area (TPSA) is 66.8 Å². The Morgan fingerprint density at radius 1 is 1.50 bits per heavy atom. The van der Waals surface area contributed by atoms with Crippen LogP contribution in [0.15, 0.2) is 17.5 Å². The molecular formula is C14H19NO4S. The van der Waals surface area contributed by atoms with Crippen molar-refractivity contribution < 1.29 is 19.4 Å². The number of aliphatic carboxylic acids is 1. The third-order valence-corrected chi connectivity index (χ3v) is 3.63. The van der Waals surface area contributed by atoms with E-state index in [1.165, 1.54) is 17.4 Å². The fourth-order valence-electron chi connectivity index (χ4n) is 1.70. The summed E-state index contributed by atoms with van der Waals surface area (Å²) in [5, 5.41) is 10.4. The van der Waals surface area contributed by atoms with E-state index in [2.05, 4.69) is 0 Å². The zero-order chi connectivity index (χ0) is 15.1. The second-order valence-electron chi connectivity index (χ2n) is 4.46. The van der Waals surface area contributed by atoms with Crippen LogP contribution in [0.3, 0.4) is 0 Å². The Kier molecular flexibility index (Phi) is 6.41. The molecule has 1 amide bonds. The molecule has 1 rings (SSSR count). The Hall–Kier alpha value is -1.66. The number of amides is 1. The van der Waals surface area contributed by atoms with Crippen LogP contribution in [0.5, 0.6) is 0 Å². The van der Waals surface area contributed by atoms with E-state index in [0.29, 0.717) is 23.6 Å². The number of carboxylic acid groups (broad SMARTS) is 1. The summed E-state index contributed by atoms with van der Waals surface area (Å²) >= 11 is 1.31. The van der Waals surface area contributed by atoms with Crippen molar-refractivity contribution in [1.82, 2.24) is 4.90 Å². The summed E-state index contributed by atoms with van der Waals surface area (Å²) in [4.78, 5) is 25.3. The SMILES string of the molecule is COCCN(C(=O)c1sccc1/C=C/C(=O)O)C(C)C. The van der Waals surface area contributed by atoms with Crippen LogP contribution in [-0.4, -0.2) is 48.2 Å². The molecule has 1 aromatic rings. The smallest absolute Gasteiger partial charge is 0.328 e. The van der Waals surface area contributed by atoms with E-state index >= 15 is 0 Å². The highest BCUT2D eigenvalue weighted by Gasteiger charge is 2.21. The molecule has 5 nitrogen and oxygen atoms in total. The van der Waals surface area contributed by atoms with E-state index in [1.54, 1.807) is 23.5 Å². The number of ether oxygens (including phenoxy) is 1. The van der Waals surface area contributed by atoms with E-state index in [4.69, 9.17) is 9.84 Å². The molecule has 6 heteroatoms. The summed E-state index contributed by atoms with van der Waals surface area (Å²) < 4.78 is 5.02. The van der Waals surface area contributed by atoms with Crippen LogP contribution in [0.1, 0.15) is 29.1 Å². The summed E-state index contributed by atoms with van der Waals surface area (Å²) in [5.41, 5.74) is 0.630. The molecule has 0 saturated heterocycles. The molecule has 110 valence electrons. The van der Waals surface area contributed by atoms with Crippen molar-refractivity contribution in [3.05, 3.63) is 28.0 Å². The summed E-state index contributed by atoms with van der Waals surface area (Å²) in [6.07, 6.45) is 2.48. The van der Waals surface area contributed by atoms with Gasteiger partial charge in [-0.1, -0.05) is 0 Å². The number of carboxylic acids is 1. The van der Waals surface area contributed by atoms with E-state index in [-0.39, 0.29) is 11.9 Å². The van der Waals surface area contributed by atoms with E-state index in [0.717, 1.165) is 6.08 Å². The largest absolute Gasteiger partial charge is 0.478 e. The number of carbonyl (C=O) groups is 2. The van der Waals surface area contributed by atoms with E-state index in [9.17, 15) is 9.59 Å². The molecule has 0 atom stereocenters. The van der Waals surface area contributed by atoms with Gasteiger partial charge in [0.25, 0.3) is 5.91 Å². The predicted octanol–water partition coefficient (Wildman–Crippen LogP) is 2.34. The highest BCUT2D eigenvalue weighted by atomic mass is 32.1. The lowest BCUT2D eigenvalue weighted by Gasteiger charge is -2.26. The fraction of sp³-hybridized carbons (Fsp3) is 0.429. The highest BCUT2D eigenvalue weighted by Crippen LogP contribution is 2.21. The summed E-state index contributed by atoms with van der Waals surface area (Å²) in [5.74, 6) is -1.13. The monoisotopic (exact) mass is 297 g/mol. The van der Waals surface area contributed by atoms with Crippen LogP contribution in [-0.2, 0) is 9.53 Å². The van der Waals surface area contributed by atoms with Crippen molar-refractivity contribution in [1.29, 1.82) is 0 Å². The zero-order valence-corrected chi connectivity index (χ0v) is 12.6. The normalized spacial score (nSPS) is 11.2. The highest BCUT2D eigenvalue weighted by molar-refractivity contribution is 7.12. The van der Waals surface area contributed by atoms with Crippen molar-refractivity contribution in [3.8, 4) is 0 Å². The van der Waals surface area contributed by atoms with E-state index in [1.807, 2.05) is 13.8 Å². The number of thiophene rings is 1. The number of hydrogen-bond donors (Lipinski definition) is 1. The number of rotatable bonds is 7. The molecule has 0 bridgehead atoms. The first-order valence-corrected chi connectivity index (χ1v) is 7.13. The quantitative estimate of drug-likeness (QED) is 0.784. The number of hydrogen-bond acceptors (Lipinski definition) is 4. The maximum absolute atomic E-state index is 12.5. The third kappa shape index (κ3) is 4.47. The average molecular weight is 297 g/mol. The molecule has 0 unspecified atom stereocenters. The lowest BCUT2D eigenvalue weighted by atomic mass is 10.2. The Balaban J connectivity index is 2.95. The van der Waals surface area contributed by atoms with Crippen LogP contribution < -0.4 is 0 Å². The molecule has 0 aliphatic rings. The molecular weight excluding hydrogens is 278 g/mol. The van der Waals surface area contributed by atoms with Crippen LogP contribution in [0.4, 0.5) is 0 Å². The van der Waals surface area contributed by atoms with Crippen LogP contribution in [0.25, 0.3) is 6.08 Å². The Labute approximate surface area is 122 Å². The van der Waals surface area contributed by atoms with Crippen molar-refractivity contribution in [3.63, 3.8) is 0 Å². The van der Waals surface area contributed by atoms with Gasteiger partial charge >= 0.3 is 5.97 Å². The van der Waals surface area contributed by atoms with Crippen LogP contribution in [0, 0.1) is 0 Å². The Morgan fingerprint density at radius 2 is 2.20 bits per heavy atom. The van der Waals surface area contributed by atoms with Gasteiger partial charge in [-0.3, -0.25) is 4.79 Å². The third-order valence-electron chi connectivity index (χ3n) is 2.72. The molecule has 1 N–H and O–H groups in total. The average Bonchev–Trinajstić information content (AvgIpc) is 2.84. The Bertz CT molecular complexity index is 493. The Morgan fingerprint density at radius 3 is 2.75 bits per heavy atom. The first kappa shape index (κ1) is 16.4. The zero-order valence-electron chi connectivity index (χ0n) is 11.8. The second-order valence-corrected chi connectivity index (χ2v) is 5.38. The van der Waals surface area contributed by atoms with Gasteiger partial charge in [-0.15, -0.1) is 11.3 Å². The standard InChI is InChI=1S/C14H19NO4S/c1-10(2)15(7-8-19-3)14(18)13-11(6-9-20-13)4-5-12(16)17/h4-6,9-10H,7-8H2,1-3H3,(H,16,17)/b5-4+. The minimum absolute atomic E-state index is 0.0519. The van der Waals surface area contributed by atoms with Gasteiger partial charge in [-0.05, 0) is 36.9 Å². The van der Waals surface area contributed by atoms with Gasteiger partial charge in [-0.2, -0.15) is 0 Å². The van der Waals surface area contributed by atoms with Gasteiger partial charge < -0.3 is 14.7 Å². The molecule has 0 fully saturated rings. The van der Waals surface area contributed by atoms with Crippen molar-refractivity contribution in [2.45, 2.75) is 19.9 Å². The molecule has 0 radical (unpaired) electrons. The maximum Gasteiger partial charge on any atom is 0.328 e. The lowest BCUT2D eigenvalue weighted by Crippen LogP contribution is -2.39. The predicted molar refractivity (Wildman–Crippen MR) is 79.0 cm³/mol. The van der Waals surface area contributed by atoms with Gasteiger partial charge in [0.15, 0.2) is 0 Å². The number of nitrogens with zero attached hydrogens (tertiary/aromatic N) is 1. The van der Waals surface area contributed by atoms with Crippen LogP contribution >= 0.6 is 11.3 Å². The minimum Gasteiger partial charge on any atom is -0.478 e. The van der Waals surface area contributed by atoms with Crippen molar-refractivity contribution in [2.24, 2.45) is 0 Å². The molecule has 0 aliphatic heterocycles. The molecule has 1 aromatic heterocycles. The second kappa shape index (κ2) is 7.81. The summed E-state index contributed by atoms with van der Waals surface area (Å²) in [6.45, 7) is 4.85. The molecule has 1 heterocycles. The first-order chi connectivity index (χ1) is 9.47. The molecule has 0 saturated carbocycles. The van der Waals surface area contributed by atoms with Gasteiger partial charge in [-0.25, -0.2) is 4.79 Å². The van der Waals surface area contributed by atoms with Gasteiger partial charge in [0.2, 0.25) is 0 Å². The van der Waals surface area contributed by atoms with Gasteiger partial charge in [0.05, 0.1) is 11.5 Å². The molecule has 0 aliphatic carbocycles. The lowest BCUT2D eigenvalue weighted by molar-refractivity contribution is -0.131. The summed E-state index contributed by atoms with van der Waals surface area (Å²) in [7, 11) is 1.59. The van der Waals surface area contributed by atoms with Crippen molar-refractivity contribution >= 4 is 29.3 Å². The molecule has 0 aromatic carbocycles.